The molecule has 1 heterocycles. The molecule has 6 heteroatoms. The molecule has 0 spiro atoms. The number of ether oxygens (including phenoxy) is 1. The van der Waals surface area contributed by atoms with E-state index in [0.717, 1.165) is 11.3 Å². The van der Waals surface area contributed by atoms with Gasteiger partial charge in [-0.2, -0.15) is 0 Å². The molecule has 3 aromatic rings. The van der Waals surface area contributed by atoms with E-state index < -0.39 is 5.82 Å². The largest absolute Gasteiger partial charge is 0.385 e. The number of rotatable bonds is 9. The molecule has 0 fully saturated rings. The fourth-order valence-electron chi connectivity index (χ4n) is 3.23. The molecule has 152 valence electrons. The van der Waals surface area contributed by atoms with Crippen LogP contribution < -0.4 is 0 Å². The van der Waals surface area contributed by atoms with Gasteiger partial charge in [-0.1, -0.05) is 18.2 Å². The number of hydrogen-bond acceptors (Lipinski definition) is 2. The van der Waals surface area contributed by atoms with Crippen LogP contribution >= 0.6 is 0 Å². The Morgan fingerprint density at radius 2 is 1.79 bits per heavy atom. The number of carbonyl (C=O) groups is 1. The predicted molar refractivity (Wildman–Crippen MR) is 108 cm³/mol. The molecule has 1 aromatic heterocycles. The normalized spacial score (nSPS) is 10.9. The van der Waals surface area contributed by atoms with Crippen LogP contribution in [0.25, 0.3) is 0 Å². The fourth-order valence-corrected chi connectivity index (χ4v) is 3.23. The van der Waals surface area contributed by atoms with E-state index in [1.54, 1.807) is 24.1 Å². The lowest BCUT2D eigenvalue weighted by Crippen LogP contribution is -2.33. The maximum absolute atomic E-state index is 13.6. The van der Waals surface area contributed by atoms with Crippen molar-refractivity contribution in [1.29, 1.82) is 0 Å². The van der Waals surface area contributed by atoms with Gasteiger partial charge in [0.25, 0.3) is 5.91 Å². The Morgan fingerprint density at radius 3 is 2.52 bits per heavy atom. The molecule has 0 aliphatic heterocycles. The van der Waals surface area contributed by atoms with Crippen LogP contribution in [0.2, 0.25) is 0 Å². The summed E-state index contributed by atoms with van der Waals surface area (Å²) in [5, 5.41) is 0. The number of hydrogen-bond donors (Lipinski definition) is 0. The fraction of sp³-hybridized carbons (Fsp3) is 0.261. The average Bonchev–Trinajstić information content (AvgIpc) is 3.13. The lowest BCUT2D eigenvalue weighted by molar-refractivity contribution is 0.0719. The number of halogens is 2. The van der Waals surface area contributed by atoms with Crippen LogP contribution in [0, 0.1) is 11.6 Å². The van der Waals surface area contributed by atoms with Crippen LogP contribution in [-0.2, 0) is 17.8 Å². The van der Waals surface area contributed by atoms with Crippen molar-refractivity contribution in [3.05, 3.63) is 95.3 Å². The van der Waals surface area contributed by atoms with Crippen molar-refractivity contribution in [3.63, 3.8) is 0 Å². The molecular formula is C23H24F2N2O2. The zero-order chi connectivity index (χ0) is 20.6. The predicted octanol–water partition coefficient (Wildman–Crippen LogP) is 4.49. The van der Waals surface area contributed by atoms with Gasteiger partial charge in [0.2, 0.25) is 0 Å². The zero-order valence-corrected chi connectivity index (χ0v) is 16.4. The minimum Gasteiger partial charge on any atom is -0.385 e. The lowest BCUT2D eigenvalue weighted by Gasteiger charge is -2.24. The number of carbonyl (C=O) groups excluding carboxylic acids is 1. The Labute approximate surface area is 169 Å². The Kier molecular flexibility index (Phi) is 7.14. The Morgan fingerprint density at radius 1 is 1.03 bits per heavy atom. The molecule has 0 aliphatic rings. The molecule has 0 N–H and O–H groups in total. The first kappa shape index (κ1) is 20.7. The summed E-state index contributed by atoms with van der Waals surface area (Å²) in [6, 6.07) is 16.0. The zero-order valence-electron chi connectivity index (χ0n) is 16.4. The van der Waals surface area contributed by atoms with Crippen LogP contribution in [-0.4, -0.2) is 35.6 Å². The van der Waals surface area contributed by atoms with E-state index in [1.165, 1.54) is 30.3 Å². The molecule has 3 rings (SSSR count). The number of aromatic nitrogens is 1. The van der Waals surface area contributed by atoms with E-state index in [0.29, 0.717) is 38.2 Å². The SMILES string of the molecule is COCCCN(Cc1cccn1Cc1cccc(F)c1)C(=O)c1cccc(F)c1. The first-order valence-electron chi connectivity index (χ1n) is 9.49. The molecular weight excluding hydrogens is 374 g/mol. The molecule has 4 nitrogen and oxygen atoms in total. The quantitative estimate of drug-likeness (QED) is 0.498. The summed E-state index contributed by atoms with van der Waals surface area (Å²) >= 11 is 0. The van der Waals surface area contributed by atoms with E-state index in [9.17, 15) is 13.6 Å². The highest BCUT2D eigenvalue weighted by Crippen LogP contribution is 2.15. The second kappa shape index (κ2) is 9.98. The molecule has 0 saturated heterocycles. The highest BCUT2D eigenvalue weighted by atomic mass is 19.1. The van der Waals surface area contributed by atoms with Gasteiger partial charge in [-0.3, -0.25) is 4.79 Å². The van der Waals surface area contributed by atoms with E-state index in [1.807, 2.05) is 29.0 Å². The topological polar surface area (TPSA) is 34.5 Å². The molecule has 0 radical (unpaired) electrons. The maximum atomic E-state index is 13.6. The Balaban J connectivity index is 1.79. The Hall–Kier alpha value is -2.99. The van der Waals surface area contributed by atoms with Crippen molar-refractivity contribution >= 4 is 5.91 Å². The summed E-state index contributed by atoms with van der Waals surface area (Å²) in [4.78, 5) is 14.7. The van der Waals surface area contributed by atoms with Crippen molar-refractivity contribution in [1.82, 2.24) is 9.47 Å². The summed E-state index contributed by atoms with van der Waals surface area (Å²) in [5.74, 6) is -0.958. The third-order valence-electron chi connectivity index (χ3n) is 4.65. The Bertz CT molecular complexity index is 955. The van der Waals surface area contributed by atoms with Crippen molar-refractivity contribution in [2.45, 2.75) is 19.5 Å². The van der Waals surface area contributed by atoms with Gasteiger partial charge in [0.1, 0.15) is 11.6 Å². The van der Waals surface area contributed by atoms with Crippen LogP contribution in [0.3, 0.4) is 0 Å². The van der Waals surface area contributed by atoms with Crippen molar-refractivity contribution in [3.8, 4) is 0 Å². The summed E-state index contributed by atoms with van der Waals surface area (Å²) in [6.07, 6.45) is 2.57. The van der Waals surface area contributed by atoms with Crippen molar-refractivity contribution in [2.24, 2.45) is 0 Å². The van der Waals surface area contributed by atoms with Crippen LogP contribution in [0.4, 0.5) is 8.78 Å². The maximum Gasteiger partial charge on any atom is 0.254 e. The van der Waals surface area contributed by atoms with Gasteiger partial charge < -0.3 is 14.2 Å². The first-order chi connectivity index (χ1) is 14.1. The van der Waals surface area contributed by atoms with Gasteiger partial charge in [-0.25, -0.2) is 8.78 Å². The smallest absolute Gasteiger partial charge is 0.254 e. The summed E-state index contributed by atoms with van der Waals surface area (Å²) in [5.41, 5.74) is 2.06. The molecule has 29 heavy (non-hydrogen) atoms. The van der Waals surface area contributed by atoms with Crippen molar-refractivity contribution < 1.29 is 18.3 Å². The highest BCUT2D eigenvalue weighted by molar-refractivity contribution is 5.94. The highest BCUT2D eigenvalue weighted by Gasteiger charge is 2.18. The minimum atomic E-state index is -0.442. The third kappa shape index (κ3) is 5.74. The third-order valence-corrected chi connectivity index (χ3v) is 4.65. The van der Waals surface area contributed by atoms with Gasteiger partial charge in [0.15, 0.2) is 0 Å². The first-order valence-corrected chi connectivity index (χ1v) is 9.49. The number of benzene rings is 2. The molecule has 0 bridgehead atoms. The molecule has 1 amide bonds. The standard InChI is InChI=1S/C23H24F2N2O2/c1-29-13-5-12-27(23(28)19-7-3-9-21(25)15-19)17-22-10-4-11-26(22)16-18-6-2-8-20(24)14-18/h2-4,6-11,14-15H,5,12-13,16-17H2,1H3. The molecule has 0 saturated carbocycles. The monoisotopic (exact) mass is 398 g/mol. The van der Waals surface area contributed by atoms with Gasteiger partial charge in [0.05, 0.1) is 6.54 Å². The van der Waals surface area contributed by atoms with E-state index in [-0.39, 0.29) is 11.7 Å². The summed E-state index contributed by atoms with van der Waals surface area (Å²) < 4.78 is 34.2. The second-order valence-corrected chi connectivity index (χ2v) is 6.84. The molecule has 2 aromatic carbocycles. The van der Waals surface area contributed by atoms with E-state index in [4.69, 9.17) is 4.74 Å². The second-order valence-electron chi connectivity index (χ2n) is 6.84. The average molecular weight is 398 g/mol. The minimum absolute atomic E-state index is 0.237. The van der Waals surface area contributed by atoms with Gasteiger partial charge >= 0.3 is 0 Å². The molecule has 0 aliphatic carbocycles. The van der Waals surface area contributed by atoms with Crippen LogP contribution in [0.5, 0.6) is 0 Å². The summed E-state index contributed by atoms with van der Waals surface area (Å²) in [7, 11) is 1.61. The number of methoxy groups -OCH3 is 1. The van der Waals surface area contributed by atoms with Crippen LogP contribution in [0.1, 0.15) is 28.0 Å². The van der Waals surface area contributed by atoms with E-state index >= 15 is 0 Å². The van der Waals surface area contributed by atoms with Crippen LogP contribution in [0.15, 0.2) is 66.9 Å². The lowest BCUT2D eigenvalue weighted by atomic mass is 10.1. The van der Waals surface area contributed by atoms with Gasteiger partial charge in [-0.05, 0) is 54.4 Å². The number of amides is 1. The van der Waals surface area contributed by atoms with E-state index in [2.05, 4.69) is 0 Å². The molecule has 0 atom stereocenters. The van der Waals surface area contributed by atoms with Crippen molar-refractivity contribution in [2.75, 3.05) is 20.3 Å². The molecule has 0 unspecified atom stereocenters. The van der Waals surface area contributed by atoms with Gasteiger partial charge in [-0.15, -0.1) is 0 Å². The summed E-state index contributed by atoms with van der Waals surface area (Å²) in [6.45, 7) is 1.87. The van der Waals surface area contributed by atoms with Gasteiger partial charge in [0, 0.05) is 44.3 Å². The number of nitrogens with zero attached hydrogens (tertiary/aromatic N) is 2.